The average molecular weight is 614 g/mol. The maximum Gasteiger partial charge on any atom is 0.282 e. The minimum Gasteiger partial charge on any atom is -0.394 e. The van der Waals surface area contributed by atoms with Gasteiger partial charge in [-0.3, -0.25) is 18.9 Å². The number of hydrogen-bond donors (Lipinski definition) is 6. The van der Waals surface area contributed by atoms with Gasteiger partial charge in [0.15, 0.2) is 28.9 Å². The molecule has 2 saturated heterocycles. The monoisotopic (exact) mass is 613 g/mol. The molecule has 7 N–H and O–H groups in total. The van der Waals surface area contributed by atoms with E-state index in [0.29, 0.717) is 11.2 Å². The first-order chi connectivity index (χ1) is 19.4. The van der Waals surface area contributed by atoms with Crippen molar-refractivity contribution >= 4 is 52.9 Å². The van der Waals surface area contributed by atoms with E-state index in [1.165, 1.54) is 19.6 Å². The molecule has 41 heavy (non-hydrogen) atoms. The summed E-state index contributed by atoms with van der Waals surface area (Å²) in [6.07, 6.45) is -4.02. The van der Waals surface area contributed by atoms with E-state index in [1.807, 2.05) is 0 Å². The van der Waals surface area contributed by atoms with Gasteiger partial charge in [-0.2, -0.15) is 9.67 Å². The van der Waals surface area contributed by atoms with Gasteiger partial charge in [0.25, 0.3) is 12.1 Å². The van der Waals surface area contributed by atoms with Crippen LogP contribution in [0.25, 0.3) is 22.3 Å². The van der Waals surface area contributed by atoms with E-state index in [4.69, 9.17) is 25.5 Å². The largest absolute Gasteiger partial charge is 0.394 e. The minimum absolute atomic E-state index is 0.0895. The van der Waals surface area contributed by atoms with Crippen LogP contribution >= 0.6 is 18.8 Å². The average Bonchev–Trinajstić information content (AvgIpc) is 3.67. The second-order valence-corrected chi connectivity index (χ2v) is 13.6. The van der Waals surface area contributed by atoms with Crippen molar-refractivity contribution < 1.29 is 33.2 Å². The summed E-state index contributed by atoms with van der Waals surface area (Å²) < 4.78 is 49.4. The van der Waals surface area contributed by atoms with Crippen molar-refractivity contribution in [1.82, 2.24) is 44.5 Å². The molecule has 21 heteroatoms. The number of alkyl halides is 1. The van der Waals surface area contributed by atoms with Gasteiger partial charge in [-0.15, -0.1) is 5.10 Å². The summed E-state index contributed by atoms with van der Waals surface area (Å²) in [5, 5.41) is 28.2. The summed E-state index contributed by atoms with van der Waals surface area (Å²) in [7, 11) is 0. The minimum atomic E-state index is -4.29. The van der Waals surface area contributed by atoms with Crippen LogP contribution in [-0.2, 0) is 18.6 Å². The maximum atomic E-state index is 15.6. The summed E-state index contributed by atoms with van der Waals surface area (Å²) in [4.78, 5) is 30.7. The van der Waals surface area contributed by atoms with Crippen molar-refractivity contribution in [3.8, 4) is 0 Å². The van der Waals surface area contributed by atoms with Crippen LogP contribution in [0.4, 0.5) is 16.2 Å². The molecule has 0 radical (unpaired) electrons. The fourth-order valence-corrected chi connectivity index (χ4v) is 7.58. The Balaban J connectivity index is 1.26. The van der Waals surface area contributed by atoms with Gasteiger partial charge in [-0.05, 0) is 6.92 Å². The highest BCUT2D eigenvalue weighted by Gasteiger charge is 2.57. The molecule has 2 fully saturated rings. The summed E-state index contributed by atoms with van der Waals surface area (Å²) >= 11 is 4.20. The van der Waals surface area contributed by atoms with Crippen LogP contribution in [0, 0.1) is 0 Å². The predicted octanol–water partition coefficient (Wildman–Crippen LogP) is -0.707. The fraction of sp³-hybridized carbons (Fsp3) is 0.550. The number of hydrogen-bond acceptors (Lipinski definition) is 15. The van der Waals surface area contributed by atoms with E-state index in [0.717, 1.165) is 4.68 Å². The molecule has 220 valence electrons. The van der Waals surface area contributed by atoms with Crippen LogP contribution < -0.4 is 17.0 Å². The zero-order valence-corrected chi connectivity index (χ0v) is 23.0. The molecule has 0 amide bonds. The second-order valence-electron chi connectivity index (χ2n) is 9.90. The van der Waals surface area contributed by atoms with Gasteiger partial charge in [0.05, 0.1) is 25.6 Å². The number of halogens is 1. The number of fused-ring (bicyclic) bond motifs is 2. The molecule has 0 saturated carbocycles. The molecule has 18 nitrogen and oxygen atoms in total. The molecule has 0 aromatic carbocycles. The topological polar surface area (TPSA) is 257 Å². The van der Waals surface area contributed by atoms with Crippen molar-refractivity contribution in [3.05, 3.63) is 23.0 Å². The zero-order valence-electron chi connectivity index (χ0n) is 21.2. The van der Waals surface area contributed by atoms with Crippen molar-refractivity contribution in [1.29, 1.82) is 0 Å². The molecule has 6 rings (SSSR count). The second kappa shape index (κ2) is 9.93. The Morgan fingerprint density at radius 1 is 1.32 bits per heavy atom. The van der Waals surface area contributed by atoms with E-state index in [2.05, 4.69) is 47.5 Å². The van der Waals surface area contributed by atoms with Gasteiger partial charge < -0.3 is 35.7 Å². The molecule has 2 aliphatic heterocycles. The summed E-state index contributed by atoms with van der Waals surface area (Å²) in [6.45, 7) is -4.00. The molecule has 8 atom stereocenters. The molecule has 0 spiro atoms. The highest BCUT2D eigenvalue weighted by molar-refractivity contribution is 8.46. The Hall–Kier alpha value is -3.26. The summed E-state index contributed by atoms with van der Waals surface area (Å²) in [5.74, 6) is -0.0940. The number of anilines is 2. The first-order valence-electron chi connectivity index (χ1n) is 12.2. The van der Waals surface area contributed by atoms with Gasteiger partial charge in [0, 0.05) is 6.42 Å². The molecule has 0 bridgehead atoms. The third-order valence-electron chi connectivity index (χ3n) is 7.21. The van der Waals surface area contributed by atoms with E-state index in [-0.39, 0.29) is 29.4 Å². The third-order valence-corrected chi connectivity index (χ3v) is 10.1. The first kappa shape index (κ1) is 27.9. The lowest BCUT2D eigenvalue weighted by atomic mass is 10.0. The Bertz CT molecular complexity index is 1740. The Kier molecular flexibility index (Phi) is 6.76. The van der Waals surface area contributed by atoms with E-state index >= 15 is 4.39 Å². The summed E-state index contributed by atoms with van der Waals surface area (Å²) in [5.41, 5.74) is 8.09. The predicted molar refractivity (Wildman–Crippen MR) is 141 cm³/mol. The van der Waals surface area contributed by atoms with Crippen molar-refractivity contribution in [3.63, 3.8) is 0 Å². The first-order valence-corrected chi connectivity index (χ1v) is 15.0. The number of rotatable bonds is 7. The lowest BCUT2D eigenvalue weighted by molar-refractivity contribution is -0.109. The van der Waals surface area contributed by atoms with Crippen molar-refractivity contribution in [2.45, 2.75) is 55.4 Å². The number of aliphatic hydroxyl groups excluding tert-OH is 2. The van der Waals surface area contributed by atoms with Gasteiger partial charge in [-0.25, -0.2) is 19.3 Å². The lowest BCUT2D eigenvalue weighted by Crippen LogP contribution is -2.41. The number of nitrogens with one attached hydrogen (secondary N) is 1. The van der Waals surface area contributed by atoms with Gasteiger partial charge in [-0.1, -0.05) is 17.5 Å². The highest BCUT2D eigenvalue weighted by atomic mass is 32.7. The number of nitrogen functional groups attached to an aromatic ring is 2. The van der Waals surface area contributed by atoms with Gasteiger partial charge in [0.1, 0.15) is 41.6 Å². The molecular weight excluding hydrogens is 588 g/mol. The lowest BCUT2D eigenvalue weighted by Gasteiger charge is -2.31. The number of imidazole rings is 1. The summed E-state index contributed by atoms with van der Waals surface area (Å²) in [6, 6.07) is 0. The maximum absolute atomic E-state index is 15.6. The number of nitrogens with two attached hydrogens (primary N) is 2. The third kappa shape index (κ3) is 4.55. The number of H-pyrrole nitrogens is 1. The Morgan fingerprint density at radius 3 is 2.85 bits per heavy atom. The van der Waals surface area contributed by atoms with Gasteiger partial charge in [0.2, 0.25) is 5.95 Å². The van der Waals surface area contributed by atoms with E-state index < -0.39 is 67.4 Å². The smallest absolute Gasteiger partial charge is 0.282 e. The van der Waals surface area contributed by atoms with Crippen LogP contribution in [0.1, 0.15) is 25.8 Å². The molecule has 0 aliphatic carbocycles. The van der Waals surface area contributed by atoms with Gasteiger partial charge >= 0.3 is 0 Å². The Morgan fingerprint density at radius 2 is 2.10 bits per heavy atom. The normalized spacial score (nSPS) is 31.7. The quantitative estimate of drug-likeness (QED) is 0.111. The number of ether oxygens (including phenoxy) is 2. The molecule has 2 unspecified atom stereocenters. The standard InChI is InChI=1S/C20H25FN11O7PS/c1-20(8(34)2-9(39-20)31-6-26-11-14(22)24-5-25-15(11)31)4-37-40(36,41)13-10(21)7(3-33)38-18(13)32-16-12(29-30-32)17(35)28-19(23)27-16/h5-10,13,18,33-34H,2-4H2,1H3,(H,36,41)(H2,22,24,25)(H3,23,27,28,35)/t7-,8+,9-,10+,13-,18?,20-,40?/m1/s1. The Labute approximate surface area is 233 Å². The zero-order chi connectivity index (χ0) is 29.3. The molecule has 4 aromatic rings. The van der Waals surface area contributed by atoms with Crippen LogP contribution in [0.2, 0.25) is 0 Å². The van der Waals surface area contributed by atoms with Crippen LogP contribution in [-0.4, -0.2) is 97.5 Å². The number of aromatic nitrogens is 9. The van der Waals surface area contributed by atoms with E-state index in [9.17, 15) is 19.6 Å². The molecule has 2 aliphatic rings. The van der Waals surface area contributed by atoms with Crippen molar-refractivity contribution in [2.24, 2.45) is 0 Å². The van der Waals surface area contributed by atoms with Crippen molar-refractivity contribution in [2.75, 3.05) is 24.7 Å². The van der Waals surface area contributed by atoms with Crippen LogP contribution in [0.5, 0.6) is 0 Å². The number of aliphatic hydroxyl groups is 2. The SMILES string of the molecule is C[C@]1(COP(=O)(S)[C@H]2C(n3nnc4c(=O)[nH]c(N)nc43)O[C@H](CO)[C@@H]2F)O[C@@H](n2cnc3c(N)ncnc32)C[C@@H]1O. The molecular formula is C20H25FN11O7PS. The van der Waals surface area contributed by atoms with E-state index in [1.54, 1.807) is 4.57 Å². The number of nitrogens with zero attached hydrogens (tertiary/aromatic N) is 8. The highest BCUT2D eigenvalue weighted by Crippen LogP contribution is 2.64. The fourth-order valence-electron chi connectivity index (χ4n) is 4.99. The molecule has 4 aromatic heterocycles. The molecule has 6 heterocycles. The number of aromatic amines is 1. The van der Waals surface area contributed by atoms with Crippen LogP contribution in [0.3, 0.4) is 0 Å². The van der Waals surface area contributed by atoms with Crippen LogP contribution in [0.15, 0.2) is 17.4 Å². The number of thiol groups is 1.